The normalized spacial score (nSPS) is 24.2. The molecule has 0 radical (unpaired) electrons. The SMILES string of the molecule is CC(C)C1(CNC(=O)C2(N)CCOCC2)CC1.Cl. The molecule has 0 aromatic heterocycles. The second-order valence-corrected chi connectivity index (χ2v) is 5.97. The van der Waals surface area contributed by atoms with Crippen LogP contribution in [-0.2, 0) is 9.53 Å². The molecule has 106 valence electrons. The van der Waals surface area contributed by atoms with Crippen molar-refractivity contribution in [1.29, 1.82) is 0 Å². The zero-order valence-electron chi connectivity index (χ0n) is 11.3. The Labute approximate surface area is 115 Å². The van der Waals surface area contributed by atoms with Gasteiger partial charge in [-0.3, -0.25) is 4.79 Å². The highest BCUT2D eigenvalue weighted by Gasteiger charge is 2.46. The summed E-state index contributed by atoms with van der Waals surface area (Å²) in [6.45, 7) is 6.43. The van der Waals surface area contributed by atoms with Crippen LogP contribution in [0.5, 0.6) is 0 Å². The first kappa shape index (κ1) is 15.7. The molecule has 1 heterocycles. The maximum Gasteiger partial charge on any atom is 0.240 e. The van der Waals surface area contributed by atoms with Gasteiger partial charge in [0.1, 0.15) is 0 Å². The minimum absolute atomic E-state index is 0. The minimum Gasteiger partial charge on any atom is -0.381 e. The molecule has 0 unspecified atom stereocenters. The lowest BCUT2D eigenvalue weighted by atomic mass is 9.88. The predicted octanol–water partition coefficient (Wildman–Crippen LogP) is 1.47. The molecule has 18 heavy (non-hydrogen) atoms. The fourth-order valence-corrected chi connectivity index (χ4v) is 2.51. The molecule has 5 heteroatoms. The molecular weight excluding hydrogens is 252 g/mol. The van der Waals surface area contributed by atoms with Crippen molar-refractivity contribution in [3.05, 3.63) is 0 Å². The van der Waals surface area contributed by atoms with Gasteiger partial charge in [0.15, 0.2) is 0 Å². The van der Waals surface area contributed by atoms with E-state index in [4.69, 9.17) is 10.5 Å². The third-order valence-corrected chi connectivity index (χ3v) is 4.56. The van der Waals surface area contributed by atoms with E-state index in [0.29, 0.717) is 37.4 Å². The molecule has 0 aromatic carbocycles. The zero-order valence-corrected chi connectivity index (χ0v) is 12.1. The lowest BCUT2D eigenvalue weighted by molar-refractivity contribution is -0.130. The molecule has 1 aliphatic heterocycles. The summed E-state index contributed by atoms with van der Waals surface area (Å²) in [4.78, 5) is 12.1. The van der Waals surface area contributed by atoms with Gasteiger partial charge in [0.2, 0.25) is 5.91 Å². The van der Waals surface area contributed by atoms with Crippen molar-refractivity contribution in [2.45, 2.75) is 45.1 Å². The topological polar surface area (TPSA) is 64.4 Å². The Bertz CT molecular complexity index is 297. The van der Waals surface area contributed by atoms with Gasteiger partial charge in [0.05, 0.1) is 5.54 Å². The van der Waals surface area contributed by atoms with Gasteiger partial charge < -0.3 is 15.8 Å². The predicted molar refractivity (Wildman–Crippen MR) is 73.7 cm³/mol. The summed E-state index contributed by atoms with van der Waals surface area (Å²) in [5.41, 5.74) is 5.78. The molecular formula is C13H25ClN2O2. The summed E-state index contributed by atoms with van der Waals surface area (Å²) in [6, 6.07) is 0. The standard InChI is InChI=1S/C13H24N2O2.ClH/c1-10(2)12(3-4-12)9-15-11(16)13(14)5-7-17-8-6-13;/h10H,3-9,14H2,1-2H3,(H,15,16);1H. The highest BCUT2D eigenvalue weighted by molar-refractivity contribution is 5.86. The quantitative estimate of drug-likeness (QED) is 0.817. The van der Waals surface area contributed by atoms with Crippen molar-refractivity contribution in [3.8, 4) is 0 Å². The second-order valence-electron chi connectivity index (χ2n) is 5.97. The Morgan fingerprint density at radius 1 is 1.28 bits per heavy atom. The van der Waals surface area contributed by atoms with E-state index in [1.54, 1.807) is 0 Å². The van der Waals surface area contributed by atoms with E-state index < -0.39 is 5.54 Å². The van der Waals surface area contributed by atoms with Gasteiger partial charge in [-0.15, -0.1) is 12.4 Å². The number of carbonyl (C=O) groups is 1. The van der Waals surface area contributed by atoms with Crippen molar-refractivity contribution in [2.75, 3.05) is 19.8 Å². The van der Waals surface area contributed by atoms with Crippen LogP contribution < -0.4 is 11.1 Å². The maximum atomic E-state index is 12.1. The summed E-state index contributed by atoms with van der Waals surface area (Å²) >= 11 is 0. The summed E-state index contributed by atoms with van der Waals surface area (Å²) < 4.78 is 5.25. The molecule has 0 aromatic rings. The molecule has 0 spiro atoms. The van der Waals surface area contributed by atoms with E-state index in [2.05, 4.69) is 19.2 Å². The fraction of sp³-hybridized carbons (Fsp3) is 0.923. The first-order valence-corrected chi connectivity index (χ1v) is 6.63. The highest BCUT2D eigenvalue weighted by Crippen LogP contribution is 2.51. The van der Waals surface area contributed by atoms with Crippen LogP contribution in [0.3, 0.4) is 0 Å². The van der Waals surface area contributed by atoms with Gasteiger partial charge in [-0.05, 0) is 37.0 Å². The second kappa shape index (κ2) is 5.76. The molecule has 1 saturated heterocycles. The number of rotatable bonds is 4. The summed E-state index contributed by atoms with van der Waals surface area (Å²) in [7, 11) is 0. The summed E-state index contributed by atoms with van der Waals surface area (Å²) in [5, 5.41) is 3.06. The van der Waals surface area contributed by atoms with Crippen LogP contribution in [-0.4, -0.2) is 31.2 Å². The molecule has 2 fully saturated rings. The number of nitrogens with two attached hydrogens (primary N) is 1. The van der Waals surface area contributed by atoms with Gasteiger partial charge in [-0.1, -0.05) is 13.8 Å². The van der Waals surface area contributed by atoms with Gasteiger partial charge in [0.25, 0.3) is 0 Å². The number of halogens is 1. The van der Waals surface area contributed by atoms with Gasteiger partial charge in [-0.25, -0.2) is 0 Å². The van der Waals surface area contributed by atoms with Crippen molar-refractivity contribution in [2.24, 2.45) is 17.1 Å². The number of nitrogens with one attached hydrogen (secondary N) is 1. The number of hydrogen-bond donors (Lipinski definition) is 2. The molecule has 1 amide bonds. The van der Waals surface area contributed by atoms with Crippen molar-refractivity contribution >= 4 is 18.3 Å². The van der Waals surface area contributed by atoms with E-state index in [9.17, 15) is 4.79 Å². The molecule has 0 atom stereocenters. The lowest BCUT2D eigenvalue weighted by Crippen LogP contribution is -2.57. The van der Waals surface area contributed by atoms with Crippen molar-refractivity contribution in [3.63, 3.8) is 0 Å². The largest absolute Gasteiger partial charge is 0.381 e. The van der Waals surface area contributed by atoms with Gasteiger partial charge in [-0.2, -0.15) is 0 Å². The monoisotopic (exact) mass is 276 g/mol. The summed E-state index contributed by atoms with van der Waals surface area (Å²) in [6.07, 6.45) is 3.72. The third-order valence-electron chi connectivity index (χ3n) is 4.56. The molecule has 3 N–H and O–H groups in total. The van der Waals surface area contributed by atoms with Crippen molar-refractivity contribution in [1.82, 2.24) is 5.32 Å². The van der Waals surface area contributed by atoms with E-state index in [0.717, 1.165) is 6.54 Å². The third kappa shape index (κ3) is 3.16. The van der Waals surface area contributed by atoms with E-state index in [1.165, 1.54) is 12.8 Å². The average Bonchev–Trinajstić information content (AvgIpc) is 3.08. The average molecular weight is 277 g/mol. The Kier molecular flexibility index (Phi) is 5.04. The van der Waals surface area contributed by atoms with E-state index in [-0.39, 0.29) is 18.3 Å². The van der Waals surface area contributed by atoms with E-state index >= 15 is 0 Å². The van der Waals surface area contributed by atoms with Crippen LogP contribution in [0.1, 0.15) is 39.5 Å². The minimum atomic E-state index is -0.703. The Morgan fingerprint density at radius 2 is 1.83 bits per heavy atom. The molecule has 1 saturated carbocycles. The van der Waals surface area contributed by atoms with Crippen molar-refractivity contribution < 1.29 is 9.53 Å². The van der Waals surface area contributed by atoms with Crippen LogP contribution in [0.25, 0.3) is 0 Å². The Morgan fingerprint density at radius 3 is 2.28 bits per heavy atom. The van der Waals surface area contributed by atoms with Crippen LogP contribution in [0.15, 0.2) is 0 Å². The Hall–Kier alpha value is -0.320. The maximum absolute atomic E-state index is 12.1. The molecule has 2 aliphatic rings. The van der Waals surface area contributed by atoms with Crippen LogP contribution in [0.4, 0.5) is 0 Å². The molecule has 0 bridgehead atoms. The van der Waals surface area contributed by atoms with E-state index in [1.807, 2.05) is 0 Å². The molecule has 1 aliphatic carbocycles. The number of amides is 1. The van der Waals surface area contributed by atoms with Crippen LogP contribution >= 0.6 is 12.4 Å². The highest BCUT2D eigenvalue weighted by atomic mass is 35.5. The number of ether oxygens (including phenoxy) is 1. The van der Waals surface area contributed by atoms with Gasteiger partial charge in [0, 0.05) is 19.8 Å². The Balaban J connectivity index is 0.00000162. The molecule has 2 rings (SSSR count). The summed E-state index contributed by atoms with van der Waals surface area (Å²) in [5.74, 6) is 0.638. The zero-order chi connectivity index (χ0) is 12.5. The first-order chi connectivity index (χ1) is 7.99. The van der Waals surface area contributed by atoms with Gasteiger partial charge >= 0.3 is 0 Å². The van der Waals surface area contributed by atoms with Crippen LogP contribution in [0, 0.1) is 11.3 Å². The number of carbonyl (C=O) groups excluding carboxylic acids is 1. The number of hydrogen-bond acceptors (Lipinski definition) is 3. The fourth-order valence-electron chi connectivity index (χ4n) is 2.51. The van der Waals surface area contributed by atoms with Crippen LogP contribution in [0.2, 0.25) is 0 Å². The molecule has 4 nitrogen and oxygen atoms in total. The lowest BCUT2D eigenvalue weighted by Gasteiger charge is -2.32. The first-order valence-electron chi connectivity index (χ1n) is 6.63. The smallest absolute Gasteiger partial charge is 0.240 e.